The van der Waals surface area contributed by atoms with Crippen LogP contribution in [0.1, 0.15) is 25.7 Å². The van der Waals surface area contributed by atoms with Crippen molar-refractivity contribution in [3.8, 4) is 0 Å². The van der Waals surface area contributed by atoms with Crippen LogP contribution in [0.15, 0.2) is 42.6 Å². The minimum absolute atomic E-state index is 0.0106. The summed E-state index contributed by atoms with van der Waals surface area (Å²) in [7, 11) is 0. The van der Waals surface area contributed by atoms with E-state index in [1.54, 1.807) is 10.6 Å². The maximum absolute atomic E-state index is 13.7. The van der Waals surface area contributed by atoms with Gasteiger partial charge in [0.05, 0.1) is 11.7 Å². The molecule has 0 unspecified atom stereocenters. The van der Waals surface area contributed by atoms with Crippen LogP contribution in [0, 0.1) is 17.6 Å². The number of fused-ring (bicyclic) bond motifs is 1. The first-order valence-corrected chi connectivity index (χ1v) is 7.78. The number of urea groups is 1. The lowest BCUT2D eigenvalue weighted by atomic mass is 10.0. The Kier molecular flexibility index (Phi) is 4.60. The van der Waals surface area contributed by atoms with E-state index in [9.17, 15) is 13.6 Å². The third-order valence-electron chi connectivity index (χ3n) is 3.75. The molecule has 0 saturated carbocycles. The molecule has 0 saturated heterocycles. The van der Waals surface area contributed by atoms with Gasteiger partial charge >= 0.3 is 6.03 Å². The zero-order chi connectivity index (χ0) is 18.0. The molecular formula is C17H17F2N5O. The normalized spacial score (nSPS) is 12.4. The van der Waals surface area contributed by atoms with Crippen molar-refractivity contribution in [2.75, 3.05) is 5.32 Å². The van der Waals surface area contributed by atoms with Gasteiger partial charge in [-0.25, -0.2) is 13.6 Å². The number of carbonyl (C=O) groups excluding carboxylic acids is 1. The van der Waals surface area contributed by atoms with Crippen LogP contribution in [-0.4, -0.2) is 20.6 Å². The van der Waals surface area contributed by atoms with E-state index in [4.69, 9.17) is 0 Å². The topological polar surface area (TPSA) is 71.3 Å². The predicted octanol–water partition coefficient (Wildman–Crippen LogP) is 3.53. The van der Waals surface area contributed by atoms with E-state index in [-0.39, 0.29) is 11.6 Å². The van der Waals surface area contributed by atoms with E-state index >= 15 is 0 Å². The molecule has 0 fully saturated rings. The highest BCUT2D eigenvalue weighted by Gasteiger charge is 2.24. The second-order valence-corrected chi connectivity index (χ2v) is 5.93. The van der Waals surface area contributed by atoms with Gasteiger partial charge in [0.1, 0.15) is 11.6 Å². The Labute approximate surface area is 142 Å². The van der Waals surface area contributed by atoms with Crippen molar-refractivity contribution in [1.82, 2.24) is 19.9 Å². The average molecular weight is 345 g/mol. The van der Waals surface area contributed by atoms with Crippen molar-refractivity contribution in [3.63, 3.8) is 0 Å². The molecular weight excluding hydrogens is 328 g/mol. The van der Waals surface area contributed by atoms with Gasteiger partial charge in [-0.05, 0) is 30.2 Å². The summed E-state index contributed by atoms with van der Waals surface area (Å²) in [6, 6.07) is 7.38. The first kappa shape index (κ1) is 16.8. The van der Waals surface area contributed by atoms with Gasteiger partial charge in [0.15, 0.2) is 11.5 Å². The van der Waals surface area contributed by atoms with E-state index in [1.165, 1.54) is 6.07 Å². The van der Waals surface area contributed by atoms with E-state index in [2.05, 4.69) is 20.8 Å². The van der Waals surface area contributed by atoms with Crippen molar-refractivity contribution in [2.45, 2.75) is 19.9 Å². The molecule has 0 radical (unpaired) electrons. The number of nitrogens with one attached hydrogen (secondary N) is 2. The number of rotatable bonds is 4. The van der Waals surface area contributed by atoms with Gasteiger partial charge in [-0.3, -0.25) is 4.40 Å². The highest BCUT2D eigenvalue weighted by atomic mass is 19.1. The van der Waals surface area contributed by atoms with Gasteiger partial charge in [0.2, 0.25) is 0 Å². The number of aromatic nitrogens is 3. The van der Waals surface area contributed by atoms with Crippen LogP contribution in [0.5, 0.6) is 0 Å². The number of hydrogen-bond acceptors (Lipinski definition) is 3. The summed E-state index contributed by atoms with van der Waals surface area (Å²) in [5, 5.41) is 13.4. The minimum atomic E-state index is -0.843. The summed E-state index contributed by atoms with van der Waals surface area (Å²) in [5.74, 6) is -0.973. The quantitative estimate of drug-likeness (QED) is 0.760. The van der Waals surface area contributed by atoms with E-state index in [0.29, 0.717) is 17.5 Å². The molecule has 2 heterocycles. The highest BCUT2D eigenvalue weighted by Crippen LogP contribution is 2.21. The first-order valence-electron chi connectivity index (χ1n) is 7.78. The van der Waals surface area contributed by atoms with Crippen molar-refractivity contribution in [2.24, 2.45) is 5.92 Å². The molecule has 25 heavy (non-hydrogen) atoms. The summed E-state index contributed by atoms with van der Waals surface area (Å²) in [6.07, 6.45) is 1.80. The number of carbonyl (C=O) groups is 1. The molecule has 6 nitrogen and oxygen atoms in total. The standard InChI is InChI=1S/C17H17F2N5O/c1-10(2)15(16-23-22-14-5-3-4-8-24(14)16)21-17(25)20-13-7-6-11(18)9-12(13)19/h3-10,15H,1-2H3,(H2,20,21,25)/t15-/m0/s1. The molecule has 2 N–H and O–H groups in total. The molecule has 8 heteroatoms. The first-order chi connectivity index (χ1) is 12.0. The predicted molar refractivity (Wildman–Crippen MR) is 89.1 cm³/mol. The van der Waals surface area contributed by atoms with Gasteiger partial charge in [-0.15, -0.1) is 10.2 Å². The Morgan fingerprint density at radius 2 is 1.96 bits per heavy atom. The van der Waals surface area contributed by atoms with Crippen LogP contribution < -0.4 is 10.6 Å². The Balaban J connectivity index is 1.81. The Morgan fingerprint density at radius 1 is 1.16 bits per heavy atom. The third-order valence-corrected chi connectivity index (χ3v) is 3.75. The Hall–Kier alpha value is -3.03. The summed E-state index contributed by atoms with van der Waals surface area (Å²) in [4.78, 5) is 12.3. The maximum atomic E-state index is 13.7. The lowest BCUT2D eigenvalue weighted by molar-refractivity contribution is 0.243. The van der Waals surface area contributed by atoms with Crippen molar-refractivity contribution in [1.29, 1.82) is 0 Å². The number of halogens is 2. The smallest absolute Gasteiger partial charge is 0.319 e. The van der Waals surface area contributed by atoms with E-state index < -0.39 is 23.7 Å². The summed E-state index contributed by atoms with van der Waals surface area (Å²) >= 11 is 0. The number of nitrogens with zero attached hydrogens (tertiary/aromatic N) is 3. The molecule has 130 valence electrons. The lowest BCUT2D eigenvalue weighted by Crippen LogP contribution is -2.36. The number of pyridine rings is 1. The molecule has 0 aliphatic carbocycles. The maximum Gasteiger partial charge on any atom is 0.319 e. The van der Waals surface area contributed by atoms with E-state index in [1.807, 2.05) is 32.0 Å². The van der Waals surface area contributed by atoms with Crippen LogP contribution in [0.25, 0.3) is 5.65 Å². The molecule has 0 bridgehead atoms. The van der Waals surface area contributed by atoms with Gasteiger partial charge in [0.25, 0.3) is 0 Å². The van der Waals surface area contributed by atoms with Gasteiger partial charge in [0, 0.05) is 12.3 Å². The zero-order valence-corrected chi connectivity index (χ0v) is 13.7. The van der Waals surface area contributed by atoms with E-state index in [0.717, 1.165) is 6.07 Å². The number of amides is 2. The van der Waals surface area contributed by atoms with Crippen LogP contribution in [-0.2, 0) is 0 Å². The minimum Gasteiger partial charge on any atom is -0.328 e. The van der Waals surface area contributed by atoms with Gasteiger partial charge < -0.3 is 10.6 Å². The van der Waals surface area contributed by atoms with Gasteiger partial charge in [-0.2, -0.15) is 0 Å². The molecule has 3 aromatic rings. The Morgan fingerprint density at radius 3 is 2.68 bits per heavy atom. The zero-order valence-electron chi connectivity index (χ0n) is 13.7. The van der Waals surface area contributed by atoms with Crippen molar-refractivity contribution >= 4 is 17.4 Å². The van der Waals surface area contributed by atoms with Crippen molar-refractivity contribution < 1.29 is 13.6 Å². The number of hydrogen-bond donors (Lipinski definition) is 2. The summed E-state index contributed by atoms with van der Waals surface area (Å²) in [6.45, 7) is 3.85. The molecule has 2 amide bonds. The molecule has 0 aliphatic heterocycles. The number of benzene rings is 1. The Bertz CT molecular complexity index is 909. The molecule has 1 atom stereocenters. The van der Waals surface area contributed by atoms with Crippen LogP contribution >= 0.6 is 0 Å². The van der Waals surface area contributed by atoms with Gasteiger partial charge in [-0.1, -0.05) is 19.9 Å². The molecule has 0 aliphatic rings. The lowest BCUT2D eigenvalue weighted by Gasteiger charge is -2.21. The SMILES string of the molecule is CC(C)[C@H](NC(=O)Nc1ccc(F)cc1F)c1nnc2ccccn12. The average Bonchev–Trinajstić information content (AvgIpc) is 2.99. The summed E-state index contributed by atoms with van der Waals surface area (Å²) in [5.41, 5.74) is 0.558. The second-order valence-electron chi connectivity index (χ2n) is 5.93. The fraction of sp³-hybridized carbons (Fsp3) is 0.235. The fourth-order valence-electron chi connectivity index (χ4n) is 2.49. The van der Waals surface area contributed by atoms with Crippen LogP contribution in [0.4, 0.5) is 19.3 Å². The third kappa shape index (κ3) is 3.57. The molecule has 3 rings (SSSR count). The molecule has 1 aromatic carbocycles. The fourth-order valence-corrected chi connectivity index (χ4v) is 2.49. The second kappa shape index (κ2) is 6.84. The molecule has 2 aromatic heterocycles. The highest BCUT2D eigenvalue weighted by molar-refractivity contribution is 5.89. The van der Waals surface area contributed by atoms with Crippen LogP contribution in [0.3, 0.4) is 0 Å². The number of anilines is 1. The van der Waals surface area contributed by atoms with Crippen LogP contribution in [0.2, 0.25) is 0 Å². The summed E-state index contributed by atoms with van der Waals surface area (Å²) < 4.78 is 28.4. The monoisotopic (exact) mass is 345 g/mol. The molecule has 0 spiro atoms. The van der Waals surface area contributed by atoms with Crippen molar-refractivity contribution in [3.05, 3.63) is 60.1 Å². The largest absolute Gasteiger partial charge is 0.328 e.